The van der Waals surface area contributed by atoms with E-state index < -0.39 is 6.09 Å². The molecule has 28 heavy (non-hydrogen) atoms. The first-order valence-corrected chi connectivity index (χ1v) is 9.62. The molecule has 0 N–H and O–H groups in total. The van der Waals surface area contributed by atoms with Crippen LogP contribution in [0.1, 0.15) is 5.82 Å². The second-order valence-corrected chi connectivity index (χ2v) is 6.89. The number of hydrogen-bond acceptors (Lipinski definition) is 7. The lowest BCUT2D eigenvalue weighted by Gasteiger charge is -2.28. The van der Waals surface area contributed by atoms with Crippen molar-refractivity contribution in [2.24, 2.45) is 0 Å². The Morgan fingerprint density at radius 3 is 2.68 bits per heavy atom. The number of ether oxygens (including phenoxy) is 3. The standard InChI is InChI=1S/C19H18N4O4S/c1-25-15-8-5-9-16(12-15)26-13-17-20-21-18-23(17)22(10-11-28-18)19(24)27-14-6-3-2-4-7-14/h2-9,12H,10-11,13H2,1H3. The van der Waals surface area contributed by atoms with E-state index in [1.54, 1.807) is 30.0 Å². The smallest absolute Gasteiger partial charge is 0.434 e. The number of methoxy groups -OCH3 is 1. The fraction of sp³-hybridized carbons (Fsp3) is 0.211. The van der Waals surface area contributed by atoms with Gasteiger partial charge in [0, 0.05) is 11.8 Å². The highest BCUT2D eigenvalue weighted by Crippen LogP contribution is 2.25. The van der Waals surface area contributed by atoms with Crippen LogP contribution in [0.3, 0.4) is 0 Å². The van der Waals surface area contributed by atoms with E-state index in [-0.39, 0.29) is 6.61 Å². The minimum atomic E-state index is -0.491. The first-order chi connectivity index (χ1) is 13.7. The molecule has 0 spiro atoms. The number of amides is 1. The van der Waals surface area contributed by atoms with Crippen molar-refractivity contribution in [2.75, 3.05) is 24.4 Å². The number of rotatable bonds is 5. The van der Waals surface area contributed by atoms with Gasteiger partial charge in [0.05, 0.1) is 13.7 Å². The van der Waals surface area contributed by atoms with Crippen molar-refractivity contribution in [3.05, 3.63) is 60.4 Å². The SMILES string of the molecule is COc1cccc(OCc2nnc3n2N(C(=O)Oc2ccccc2)CCS3)c1. The summed E-state index contributed by atoms with van der Waals surface area (Å²) in [4.78, 5) is 12.7. The van der Waals surface area contributed by atoms with Gasteiger partial charge in [0.15, 0.2) is 5.82 Å². The second kappa shape index (κ2) is 8.22. The van der Waals surface area contributed by atoms with E-state index in [2.05, 4.69) is 10.2 Å². The maximum atomic E-state index is 12.7. The molecule has 0 bridgehead atoms. The molecule has 1 aliphatic heterocycles. The van der Waals surface area contributed by atoms with Gasteiger partial charge in [-0.25, -0.2) is 14.5 Å². The van der Waals surface area contributed by atoms with Gasteiger partial charge in [-0.3, -0.25) is 0 Å². The quantitative estimate of drug-likeness (QED) is 0.653. The zero-order valence-corrected chi connectivity index (χ0v) is 16.0. The number of thioether (sulfide) groups is 1. The molecule has 9 heteroatoms. The van der Waals surface area contributed by atoms with E-state index in [0.717, 1.165) is 0 Å². The van der Waals surface area contributed by atoms with Crippen molar-refractivity contribution in [1.29, 1.82) is 0 Å². The Bertz CT molecular complexity index is 964. The number of fused-ring (bicyclic) bond motifs is 1. The minimum Gasteiger partial charge on any atom is -0.497 e. The normalized spacial score (nSPS) is 13.0. The number of carbonyl (C=O) groups is 1. The number of para-hydroxylation sites is 1. The van der Waals surface area contributed by atoms with Gasteiger partial charge in [-0.15, -0.1) is 10.2 Å². The molecular weight excluding hydrogens is 380 g/mol. The van der Waals surface area contributed by atoms with Gasteiger partial charge in [0.1, 0.15) is 23.9 Å². The van der Waals surface area contributed by atoms with Crippen molar-refractivity contribution >= 4 is 17.9 Å². The predicted molar refractivity (Wildman–Crippen MR) is 104 cm³/mol. The lowest BCUT2D eigenvalue weighted by Crippen LogP contribution is -2.47. The summed E-state index contributed by atoms with van der Waals surface area (Å²) in [5.41, 5.74) is 0. The molecule has 0 fully saturated rings. The zero-order chi connectivity index (χ0) is 19.3. The molecule has 2 heterocycles. The van der Waals surface area contributed by atoms with E-state index in [1.165, 1.54) is 16.8 Å². The summed E-state index contributed by atoms with van der Waals surface area (Å²) in [5, 5.41) is 10.5. The molecule has 4 rings (SSSR count). The van der Waals surface area contributed by atoms with Gasteiger partial charge >= 0.3 is 6.09 Å². The maximum absolute atomic E-state index is 12.7. The third-order valence-electron chi connectivity index (χ3n) is 4.02. The van der Waals surface area contributed by atoms with Gasteiger partial charge < -0.3 is 14.2 Å². The van der Waals surface area contributed by atoms with Crippen LogP contribution in [0, 0.1) is 0 Å². The molecule has 3 aromatic rings. The molecule has 1 aromatic heterocycles. The molecule has 0 aliphatic carbocycles. The second-order valence-electron chi connectivity index (χ2n) is 5.83. The lowest BCUT2D eigenvalue weighted by atomic mass is 10.3. The van der Waals surface area contributed by atoms with Gasteiger partial charge in [-0.2, -0.15) is 0 Å². The maximum Gasteiger partial charge on any atom is 0.434 e. The third kappa shape index (κ3) is 3.89. The van der Waals surface area contributed by atoms with Crippen LogP contribution in [0.15, 0.2) is 59.8 Å². The van der Waals surface area contributed by atoms with E-state index in [9.17, 15) is 4.79 Å². The summed E-state index contributed by atoms with van der Waals surface area (Å²) in [6.45, 7) is 0.628. The Balaban J connectivity index is 1.51. The molecule has 2 aromatic carbocycles. The molecule has 0 atom stereocenters. The molecule has 144 valence electrons. The Morgan fingerprint density at radius 2 is 1.86 bits per heavy atom. The summed E-state index contributed by atoms with van der Waals surface area (Å²) in [6, 6.07) is 16.2. The average molecular weight is 398 g/mol. The van der Waals surface area contributed by atoms with Crippen LogP contribution in [-0.4, -0.2) is 40.4 Å². The van der Waals surface area contributed by atoms with Crippen LogP contribution in [0.2, 0.25) is 0 Å². The van der Waals surface area contributed by atoms with Gasteiger partial charge in [-0.1, -0.05) is 36.0 Å². The van der Waals surface area contributed by atoms with Crippen LogP contribution in [0.4, 0.5) is 4.79 Å². The van der Waals surface area contributed by atoms with Crippen LogP contribution in [0.25, 0.3) is 0 Å². The fourth-order valence-electron chi connectivity index (χ4n) is 2.70. The largest absolute Gasteiger partial charge is 0.497 e. The summed E-state index contributed by atoms with van der Waals surface area (Å²) in [5.74, 6) is 3.03. The molecule has 0 saturated heterocycles. The number of nitrogens with zero attached hydrogens (tertiary/aromatic N) is 4. The fourth-order valence-corrected chi connectivity index (χ4v) is 3.57. The number of carbonyl (C=O) groups excluding carboxylic acids is 1. The first-order valence-electron chi connectivity index (χ1n) is 8.63. The number of benzene rings is 2. The van der Waals surface area contributed by atoms with E-state index in [0.29, 0.717) is 40.5 Å². The van der Waals surface area contributed by atoms with Crippen LogP contribution in [-0.2, 0) is 6.61 Å². The van der Waals surface area contributed by atoms with E-state index in [1.807, 2.05) is 36.4 Å². The minimum absolute atomic E-state index is 0.149. The van der Waals surface area contributed by atoms with E-state index in [4.69, 9.17) is 14.2 Å². The highest BCUT2D eigenvalue weighted by Gasteiger charge is 2.29. The van der Waals surface area contributed by atoms with Crippen molar-refractivity contribution in [3.8, 4) is 17.2 Å². The molecular formula is C19H18N4O4S. The van der Waals surface area contributed by atoms with Gasteiger partial charge in [0.25, 0.3) is 0 Å². The van der Waals surface area contributed by atoms with E-state index >= 15 is 0 Å². The number of aromatic nitrogens is 3. The molecule has 0 unspecified atom stereocenters. The molecule has 1 aliphatic rings. The van der Waals surface area contributed by atoms with Crippen LogP contribution < -0.4 is 19.2 Å². The molecule has 8 nitrogen and oxygen atoms in total. The van der Waals surface area contributed by atoms with Crippen molar-refractivity contribution in [2.45, 2.75) is 11.8 Å². The first kappa shape index (κ1) is 18.2. The monoisotopic (exact) mass is 398 g/mol. The van der Waals surface area contributed by atoms with Crippen molar-refractivity contribution < 1.29 is 19.0 Å². The van der Waals surface area contributed by atoms with Crippen LogP contribution in [0.5, 0.6) is 17.2 Å². The Morgan fingerprint density at radius 1 is 1.07 bits per heavy atom. The molecule has 1 amide bonds. The highest BCUT2D eigenvalue weighted by atomic mass is 32.2. The van der Waals surface area contributed by atoms with Gasteiger partial charge in [0.2, 0.25) is 5.16 Å². The summed E-state index contributed by atoms with van der Waals surface area (Å²) >= 11 is 1.53. The lowest BCUT2D eigenvalue weighted by molar-refractivity contribution is 0.198. The topological polar surface area (TPSA) is 78.7 Å². The molecule has 0 saturated carbocycles. The van der Waals surface area contributed by atoms with Gasteiger partial charge in [-0.05, 0) is 24.3 Å². The summed E-state index contributed by atoms with van der Waals surface area (Å²) in [6.07, 6.45) is -0.491. The number of hydrogen-bond donors (Lipinski definition) is 0. The van der Waals surface area contributed by atoms with Crippen molar-refractivity contribution in [3.63, 3.8) is 0 Å². The summed E-state index contributed by atoms with van der Waals surface area (Å²) in [7, 11) is 1.60. The highest BCUT2D eigenvalue weighted by molar-refractivity contribution is 7.99. The summed E-state index contributed by atoms with van der Waals surface area (Å²) < 4.78 is 18.1. The molecule has 0 radical (unpaired) electrons. The Labute approximate surface area is 166 Å². The Hall–Kier alpha value is -3.20. The van der Waals surface area contributed by atoms with Crippen LogP contribution >= 0.6 is 11.8 Å². The Kier molecular flexibility index (Phi) is 5.34. The van der Waals surface area contributed by atoms with Crippen molar-refractivity contribution in [1.82, 2.24) is 14.9 Å². The average Bonchev–Trinajstić information content (AvgIpc) is 3.16. The predicted octanol–water partition coefficient (Wildman–Crippen LogP) is 3.11. The third-order valence-corrected chi connectivity index (χ3v) is 4.92. The zero-order valence-electron chi connectivity index (χ0n) is 15.1.